The van der Waals surface area contributed by atoms with Gasteiger partial charge in [-0.1, -0.05) is 33.6 Å². The number of anilines is 1. The summed E-state index contributed by atoms with van der Waals surface area (Å²) in [6.45, 7) is 7.16. The zero-order chi connectivity index (χ0) is 15.4. The topological polar surface area (TPSA) is 41.1 Å². The lowest BCUT2D eigenvalue weighted by atomic mass is 9.86. The number of hydrogen-bond donors (Lipinski definition) is 2. The van der Waals surface area contributed by atoms with E-state index in [4.69, 9.17) is 0 Å². The molecule has 1 amide bonds. The van der Waals surface area contributed by atoms with Crippen LogP contribution in [0.1, 0.15) is 57.2 Å². The Morgan fingerprint density at radius 2 is 1.95 bits per heavy atom. The van der Waals surface area contributed by atoms with Crippen molar-refractivity contribution in [1.82, 2.24) is 5.32 Å². The van der Waals surface area contributed by atoms with Crippen LogP contribution in [0.3, 0.4) is 0 Å². The monoisotopic (exact) mass is 292 g/mol. The van der Waals surface area contributed by atoms with E-state index >= 15 is 0 Å². The highest BCUT2D eigenvalue weighted by Crippen LogP contribution is 2.33. The summed E-state index contributed by atoms with van der Waals surface area (Å²) in [7, 11) is 0. The van der Waals surface area contributed by atoms with Crippen LogP contribution in [0.5, 0.6) is 0 Å². The Balaban J connectivity index is 2.38. The maximum atomic E-state index is 14.5. The first kappa shape index (κ1) is 16.0. The first-order valence-electron chi connectivity index (χ1n) is 7.96. The molecule has 4 heteroatoms. The summed E-state index contributed by atoms with van der Waals surface area (Å²) < 4.78 is 14.5. The highest BCUT2D eigenvalue weighted by Gasteiger charge is 2.25. The summed E-state index contributed by atoms with van der Waals surface area (Å²) in [5.74, 6) is 0.155. The molecule has 2 N–H and O–H groups in total. The van der Waals surface area contributed by atoms with Gasteiger partial charge in [0.05, 0.1) is 0 Å². The van der Waals surface area contributed by atoms with E-state index in [1.807, 2.05) is 13.0 Å². The smallest absolute Gasteiger partial charge is 0.224 e. The van der Waals surface area contributed by atoms with Crippen LogP contribution in [0.15, 0.2) is 12.1 Å². The normalized spacial score (nSPS) is 15.8. The van der Waals surface area contributed by atoms with Crippen LogP contribution in [-0.2, 0) is 11.2 Å². The Morgan fingerprint density at radius 1 is 1.24 bits per heavy atom. The Morgan fingerprint density at radius 3 is 2.57 bits per heavy atom. The van der Waals surface area contributed by atoms with Crippen LogP contribution < -0.4 is 10.6 Å². The molecule has 1 atom stereocenters. The van der Waals surface area contributed by atoms with Crippen LogP contribution in [0.4, 0.5) is 10.1 Å². The number of rotatable bonds is 6. The molecule has 21 heavy (non-hydrogen) atoms. The summed E-state index contributed by atoms with van der Waals surface area (Å²) in [6, 6.07) is 3.46. The second-order valence-electron chi connectivity index (χ2n) is 5.69. The van der Waals surface area contributed by atoms with E-state index in [9.17, 15) is 9.18 Å². The maximum absolute atomic E-state index is 14.5. The van der Waals surface area contributed by atoms with Crippen molar-refractivity contribution in [3.63, 3.8) is 0 Å². The van der Waals surface area contributed by atoms with Crippen molar-refractivity contribution in [3.05, 3.63) is 29.1 Å². The molecule has 1 unspecified atom stereocenters. The molecule has 0 radical (unpaired) electrons. The SMILES string of the molecule is CCNC(c1cc2c(cc1F)NC(=O)CC2)C(CC)CC. The molecule has 0 aliphatic carbocycles. The molecule has 2 rings (SSSR count). The molecule has 1 aromatic rings. The van der Waals surface area contributed by atoms with Gasteiger partial charge < -0.3 is 10.6 Å². The lowest BCUT2D eigenvalue weighted by Gasteiger charge is -2.28. The minimum Gasteiger partial charge on any atom is -0.326 e. The van der Waals surface area contributed by atoms with Gasteiger partial charge in [0, 0.05) is 23.7 Å². The van der Waals surface area contributed by atoms with E-state index in [1.54, 1.807) is 0 Å². The van der Waals surface area contributed by atoms with Crippen molar-refractivity contribution in [2.75, 3.05) is 11.9 Å². The predicted molar refractivity (Wildman–Crippen MR) is 83.8 cm³/mol. The Bertz CT molecular complexity index is 512. The molecule has 1 aromatic carbocycles. The Hall–Kier alpha value is -1.42. The lowest BCUT2D eigenvalue weighted by molar-refractivity contribution is -0.116. The molecular formula is C17H25FN2O. The van der Waals surface area contributed by atoms with Crippen LogP contribution >= 0.6 is 0 Å². The molecule has 0 spiro atoms. The quantitative estimate of drug-likeness (QED) is 0.837. The lowest BCUT2D eigenvalue weighted by Crippen LogP contribution is -2.29. The van der Waals surface area contributed by atoms with Gasteiger partial charge in [-0.05, 0) is 36.6 Å². The number of benzene rings is 1. The van der Waals surface area contributed by atoms with Crippen LogP contribution in [0.25, 0.3) is 0 Å². The number of halogens is 1. The number of carbonyl (C=O) groups excluding carboxylic acids is 1. The standard InChI is InChI=1S/C17H25FN2O/c1-4-11(5-2)17(19-6-3)13-9-12-7-8-16(21)20-15(12)10-14(13)18/h9-11,17,19H,4-8H2,1-3H3,(H,20,21). The fourth-order valence-corrected chi connectivity index (χ4v) is 3.17. The van der Waals surface area contributed by atoms with Gasteiger partial charge in [0.2, 0.25) is 5.91 Å². The summed E-state index contributed by atoms with van der Waals surface area (Å²) in [5.41, 5.74) is 2.41. The molecule has 116 valence electrons. The zero-order valence-electron chi connectivity index (χ0n) is 13.1. The number of nitrogens with one attached hydrogen (secondary N) is 2. The second-order valence-corrected chi connectivity index (χ2v) is 5.69. The van der Waals surface area contributed by atoms with Crippen molar-refractivity contribution in [1.29, 1.82) is 0 Å². The first-order chi connectivity index (χ1) is 10.1. The van der Waals surface area contributed by atoms with Crippen molar-refractivity contribution >= 4 is 11.6 Å². The van der Waals surface area contributed by atoms with E-state index in [0.29, 0.717) is 24.4 Å². The fourth-order valence-electron chi connectivity index (χ4n) is 3.17. The van der Waals surface area contributed by atoms with Crippen LogP contribution in [-0.4, -0.2) is 12.5 Å². The summed E-state index contributed by atoms with van der Waals surface area (Å²) in [4.78, 5) is 11.4. The van der Waals surface area contributed by atoms with Crippen molar-refractivity contribution < 1.29 is 9.18 Å². The largest absolute Gasteiger partial charge is 0.326 e. The van der Waals surface area contributed by atoms with E-state index in [1.165, 1.54) is 6.07 Å². The molecule has 0 fully saturated rings. The van der Waals surface area contributed by atoms with Gasteiger partial charge >= 0.3 is 0 Å². The van der Waals surface area contributed by atoms with Gasteiger partial charge in [-0.15, -0.1) is 0 Å². The molecule has 1 aliphatic heterocycles. The molecule has 3 nitrogen and oxygen atoms in total. The molecule has 0 aromatic heterocycles. The van der Waals surface area contributed by atoms with Crippen molar-refractivity contribution in [2.45, 2.75) is 52.5 Å². The maximum Gasteiger partial charge on any atom is 0.224 e. The Labute approximate surface area is 126 Å². The van der Waals surface area contributed by atoms with E-state index in [2.05, 4.69) is 24.5 Å². The summed E-state index contributed by atoms with van der Waals surface area (Å²) >= 11 is 0. The number of hydrogen-bond acceptors (Lipinski definition) is 2. The number of amides is 1. The van der Waals surface area contributed by atoms with Crippen molar-refractivity contribution in [3.8, 4) is 0 Å². The second kappa shape index (κ2) is 7.03. The van der Waals surface area contributed by atoms with Crippen molar-refractivity contribution in [2.24, 2.45) is 5.92 Å². The zero-order valence-corrected chi connectivity index (χ0v) is 13.1. The number of carbonyl (C=O) groups is 1. The third-order valence-electron chi connectivity index (χ3n) is 4.40. The minimum atomic E-state index is -0.228. The van der Waals surface area contributed by atoms with Gasteiger partial charge in [0.15, 0.2) is 0 Å². The molecule has 0 bridgehead atoms. The van der Waals surface area contributed by atoms with Gasteiger partial charge in [-0.25, -0.2) is 4.39 Å². The van der Waals surface area contributed by atoms with Gasteiger partial charge in [-0.2, -0.15) is 0 Å². The van der Waals surface area contributed by atoms with Crippen LogP contribution in [0, 0.1) is 11.7 Å². The molecular weight excluding hydrogens is 267 g/mol. The highest BCUT2D eigenvalue weighted by atomic mass is 19.1. The highest BCUT2D eigenvalue weighted by molar-refractivity contribution is 5.93. The first-order valence-corrected chi connectivity index (χ1v) is 7.96. The van der Waals surface area contributed by atoms with E-state index in [-0.39, 0.29) is 17.8 Å². The minimum absolute atomic E-state index is 0.0297. The summed E-state index contributed by atoms with van der Waals surface area (Å²) in [6.07, 6.45) is 3.20. The number of aryl methyl sites for hydroxylation is 1. The van der Waals surface area contributed by atoms with Gasteiger partial charge in [0.25, 0.3) is 0 Å². The van der Waals surface area contributed by atoms with E-state index < -0.39 is 0 Å². The molecule has 1 aliphatic rings. The predicted octanol–water partition coefficient (Wildman–Crippen LogP) is 3.80. The van der Waals surface area contributed by atoms with Crippen LogP contribution in [0.2, 0.25) is 0 Å². The molecule has 0 saturated carbocycles. The van der Waals surface area contributed by atoms with Gasteiger partial charge in [-0.3, -0.25) is 4.79 Å². The average molecular weight is 292 g/mol. The third-order valence-corrected chi connectivity index (χ3v) is 4.40. The van der Waals surface area contributed by atoms with Gasteiger partial charge in [0.1, 0.15) is 5.82 Å². The Kier molecular flexibility index (Phi) is 5.34. The fraction of sp³-hybridized carbons (Fsp3) is 0.588. The average Bonchev–Trinajstić information content (AvgIpc) is 2.47. The third kappa shape index (κ3) is 3.43. The summed E-state index contributed by atoms with van der Waals surface area (Å²) in [5, 5.41) is 6.19. The van der Waals surface area contributed by atoms with E-state index in [0.717, 1.165) is 30.5 Å². The molecule has 1 heterocycles. The number of fused-ring (bicyclic) bond motifs is 1. The molecule has 0 saturated heterocycles.